The van der Waals surface area contributed by atoms with Crippen LogP contribution >= 0.6 is 11.8 Å². The van der Waals surface area contributed by atoms with Crippen molar-refractivity contribution in [2.75, 3.05) is 5.75 Å². The highest BCUT2D eigenvalue weighted by molar-refractivity contribution is 7.99. The maximum atomic E-state index is 10.9. The maximum absolute atomic E-state index is 10.9. The van der Waals surface area contributed by atoms with E-state index in [1.807, 2.05) is 12.1 Å². The Labute approximate surface area is 129 Å². The standard InChI is InChI=1S/C16H22N2O2S/c1-5-9-16(3,4)18-14-11(2)7-6-8-12(14)17-15(18)21-10-13(19)20/h6-8H,5,9-10H2,1-4H3,(H,19,20). The molecule has 5 heteroatoms. The van der Waals surface area contributed by atoms with Gasteiger partial charge in [-0.1, -0.05) is 37.2 Å². The molecule has 0 saturated carbocycles. The van der Waals surface area contributed by atoms with Crippen molar-refractivity contribution in [2.24, 2.45) is 0 Å². The third-order valence-corrected chi connectivity index (χ3v) is 4.56. The highest BCUT2D eigenvalue weighted by atomic mass is 32.2. The maximum Gasteiger partial charge on any atom is 0.313 e. The van der Waals surface area contributed by atoms with Gasteiger partial charge in [0.05, 0.1) is 16.8 Å². The largest absolute Gasteiger partial charge is 0.481 e. The van der Waals surface area contributed by atoms with Gasteiger partial charge in [-0.2, -0.15) is 0 Å². The minimum atomic E-state index is -0.816. The van der Waals surface area contributed by atoms with Crippen LogP contribution in [-0.2, 0) is 10.3 Å². The van der Waals surface area contributed by atoms with Crippen molar-refractivity contribution in [3.63, 3.8) is 0 Å². The lowest BCUT2D eigenvalue weighted by Crippen LogP contribution is -2.27. The van der Waals surface area contributed by atoms with E-state index in [1.54, 1.807) is 0 Å². The summed E-state index contributed by atoms with van der Waals surface area (Å²) in [6.45, 7) is 8.62. The molecule has 1 aromatic heterocycles. The number of imidazole rings is 1. The zero-order valence-corrected chi connectivity index (χ0v) is 13.8. The molecular weight excluding hydrogens is 284 g/mol. The molecular formula is C16H22N2O2S. The summed E-state index contributed by atoms with van der Waals surface area (Å²) in [5, 5.41) is 9.74. The third kappa shape index (κ3) is 3.23. The van der Waals surface area contributed by atoms with E-state index in [9.17, 15) is 4.79 Å². The van der Waals surface area contributed by atoms with Gasteiger partial charge in [0.1, 0.15) is 0 Å². The highest BCUT2D eigenvalue weighted by Gasteiger charge is 2.26. The number of benzene rings is 1. The van der Waals surface area contributed by atoms with Crippen LogP contribution in [0.25, 0.3) is 11.0 Å². The molecule has 0 aliphatic carbocycles. The normalized spacial score (nSPS) is 12.0. The Hall–Kier alpha value is -1.49. The number of carboxylic acids is 1. The zero-order valence-electron chi connectivity index (χ0n) is 13.0. The molecule has 4 nitrogen and oxygen atoms in total. The minimum absolute atomic E-state index is 0.0323. The molecule has 0 aliphatic rings. The molecule has 0 saturated heterocycles. The van der Waals surface area contributed by atoms with Crippen molar-refractivity contribution >= 4 is 28.8 Å². The summed E-state index contributed by atoms with van der Waals surface area (Å²) in [6, 6.07) is 6.06. The van der Waals surface area contributed by atoms with Crippen molar-refractivity contribution in [3.05, 3.63) is 23.8 Å². The summed E-state index contributed by atoms with van der Waals surface area (Å²) >= 11 is 1.29. The van der Waals surface area contributed by atoms with Crippen molar-refractivity contribution < 1.29 is 9.90 Å². The van der Waals surface area contributed by atoms with E-state index >= 15 is 0 Å². The first-order valence-corrected chi connectivity index (χ1v) is 8.18. The number of hydrogen-bond acceptors (Lipinski definition) is 3. The smallest absolute Gasteiger partial charge is 0.313 e. The lowest BCUT2D eigenvalue weighted by Gasteiger charge is -2.29. The molecule has 0 spiro atoms. The Balaban J connectivity index is 2.61. The number of carboxylic acid groups (broad SMARTS) is 1. The van der Waals surface area contributed by atoms with Crippen molar-refractivity contribution in [1.82, 2.24) is 9.55 Å². The molecule has 1 aromatic carbocycles. The van der Waals surface area contributed by atoms with E-state index in [1.165, 1.54) is 17.3 Å². The minimum Gasteiger partial charge on any atom is -0.481 e. The second kappa shape index (κ2) is 6.10. The first-order valence-electron chi connectivity index (χ1n) is 7.20. The summed E-state index contributed by atoms with van der Waals surface area (Å²) in [5.41, 5.74) is 3.14. The molecule has 0 bridgehead atoms. The molecule has 2 rings (SSSR count). The van der Waals surface area contributed by atoms with Crippen LogP contribution in [0.15, 0.2) is 23.4 Å². The zero-order chi connectivity index (χ0) is 15.6. The van der Waals surface area contributed by atoms with Gasteiger partial charge in [0.15, 0.2) is 5.16 Å². The van der Waals surface area contributed by atoms with Gasteiger partial charge in [-0.15, -0.1) is 0 Å². The fourth-order valence-electron chi connectivity index (χ4n) is 2.78. The van der Waals surface area contributed by atoms with Crippen LogP contribution in [-0.4, -0.2) is 26.4 Å². The summed E-state index contributed by atoms with van der Waals surface area (Å²) in [6.07, 6.45) is 2.09. The van der Waals surface area contributed by atoms with Gasteiger partial charge in [-0.3, -0.25) is 4.79 Å². The first-order chi connectivity index (χ1) is 9.86. The van der Waals surface area contributed by atoms with Crippen molar-refractivity contribution in [3.8, 4) is 0 Å². The average Bonchev–Trinajstić information content (AvgIpc) is 2.77. The fraction of sp³-hybridized carbons (Fsp3) is 0.500. The number of fused-ring (bicyclic) bond motifs is 1. The predicted octanol–water partition coefficient (Wildman–Crippen LogP) is 4.06. The monoisotopic (exact) mass is 306 g/mol. The Morgan fingerprint density at radius 1 is 1.43 bits per heavy atom. The van der Waals surface area contributed by atoms with E-state index < -0.39 is 5.97 Å². The van der Waals surface area contributed by atoms with E-state index in [0.717, 1.165) is 29.0 Å². The topological polar surface area (TPSA) is 55.1 Å². The number of aromatic nitrogens is 2. The van der Waals surface area contributed by atoms with Gasteiger partial charge < -0.3 is 9.67 Å². The number of thioether (sulfide) groups is 1. The van der Waals surface area contributed by atoms with Crippen LogP contribution in [0.1, 0.15) is 39.2 Å². The fourth-order valence-corrected chi connectivity index (χ4v) is 3.66. The van der Waals surface area contributed by atoms with E-state index in [4.69, 9.17) is 5.11 Å². The molecule has 114 valence electrons. The van der Waals surface area contributed by atoms with E-state index in [0.29, 0.717) is 0 Å². The number of nitrogens with zero attached hydrogens (tertiary/aromatic N) is 2. The number of para-hydroxylation sites is 1. The molecule has 0 amide bonds. The van der Waals surface area contributed by atoms with Crippen molar-refractivity contribution in [1.29, 1.82) is 0 Å². The van der Waals surface area contributed by atoms with Crippen LogP contribution < -0.4 is 0 Å². The first kappa shape index (κ1) is 15.9. The molecule has 2 aromatic rings. The molecule has 0 radical (unpaired) electrons. The molecule has 0 unspecified atom stereocenters. The van der Waals surface area contributed by atoms with Crippen molar-refractivity contribution in [2.45, 2.75) is 51.2 Å². The van der Waals surface area contributed by atoms with Crippen LogP contribution in [0, 0.1) is 6.92 Å². The van der Waals surface area contributed by atoms with Gasteiger partial charge in [0.2, 0.25) is 0 Å². The molecule has 0 aliphatic heterocycles. The Morgan fingerprint density at radius 3 is 2.76 bits per heavy atom. The molecule has 0 fully saturated rings. The summed E-state index contributed by atoms with van der Waals surface area (Å²) in [4.78, 5) is 15.5. The van der Waals surface area contributed by atoms with Gasteiger partial charge in [0.25, 0.3) is 0 Å². The lowest BCUT2D eigenvalue weighted by molar-refractivity contribution is -0.133. The van der Waals surface area contributed by atoms with Crippen LogP contribution in [0.5, 0.6) is 0 Å². The van der Waals surface area contributed by atoms with Crippen LogP contribution in [0.3, 0.4) is 0 Å². The lowest BCUT2D eigenvalue weighted by atomic mass is 9.98. The third-order valence-electron chi connectivity index (χ3n) is 3.64. The molecule has 0 atom stereocenters. The molecule has 21 heavy (non-hydrogen) atoms. The SMILES string of the molecule is CCCC(C)(C)n1c(SCC(=O)O)nc2cccc(C)c21. The summed E-state index contributed by atoms with van der Waals surface area (Å²) in [5.74, 6) is -0.784. The number of carbonyl (C=O) groups is 1. The molecule has 1 N–H and O–H groups in total. The number of aliphatic carboxylic acids is 1. The summed E-state index contributed by atoms with van der Waals surface area (Å²) in [7, 11) is 0. The van der Waals surface area contributed by atoms with Gasteiger partial charge in [-0.05, 0) is 38.8 Å². The van der Waals surface area contributed by atoms with E-state index in [2.05, 4.69) is 43.3 Å². The quantitative estimate of drug-likeness (QED) is 0.818. The summed E-state index contributed by atoms with van der Waals surface area (Å²) < 4.78 is 2.22. The van der Waals surface area contributed by atoms with Gasteiger partial charge in [-0.25, -0.2) is 4.98 Å². The van der Waals surface area contributed by atoms with Gasteiger partial charge >= 0.3 is 5.97 Å². The van der Waals surface area contributed by atoms with E-state index in [-0.39, 0.29) is 11.3 Å². The number of aryl methyl sites for hydroxylation is 1. The number of rotatable bonds is 6. The Kier molecular flexibility index (Phi) is 4.61. The second-order valence-corrected chi connectivity index (χ2v) is 6.86. The second-order valence-electron chi connectivity index (χ2n) is 5.92. The average molecular weight is 306 g/mol. The highest BCUT2D eigenvalue weighted by Crippen LogP contribution is 2.34. The Bertz CT molecular complexity index is 662. The Morgan fingerprint density at radius 2 is 2.14 bits per heavy atom. The van der Waals surface area contributed by atoms with Crippen LogP contribution in [0.2, 0.25) is 0 Å². The molecule has 1 heterocycles. The van der Waals surface area contributed by atoms with Gasteiger partial charge in [0, 0.05) is 5.54 Å². The van der Waals surface area contributed by atoms with Crippen LogP contribution in [0.4, 0.5) is 0 Å². The number of hydrogen-bond donors (Lipinski definition) is 1. The predicted molar refractivity (Wildman–Crippen MR) is 87.1 cm³/mol.